The molecule has 2 aromatic rings. The van der Waals surface area contributed by atoms with E-state index in [4.69, 9.17) is 16.7 Å². The minimum Gasteiger partial charge on any atom is -0.299 e. The first-order valence-corrected chi connectivity index (χ1v) is 11.2. The van der Waals surface area contributed by atoms with E-state index in [1.54, 1.807) is 0 Å². The zero-order valence-electron chi connectivity index (χ0n) is 15.5. The molecule has 0 aliphatic carbocycles. The highest BCUT2D eigenvalue weighted by molar-refractivity contribution is 7.89. The van der Waals surface area contributed by atoms with Gasteiger partial charge in [0, 0.05) is 25.7 Å². The third-order valence-corrected chi connectivity index (χ3v) is 6.82. The van der Waals surface area contributed by atoms with Gasteiger partial charge in [0.2, 0.25) is 10.0 Å². The van der Waals surface area contributed by atoms with E-state index in [2.05, 4.69) is 17.0 Å². The van der Waals surface area contributed by atoms with Gasteiger partial charge in [0.1, 0.15) is 4.90 Å². The smallest absolute Gasteiger partial charge is 0.261 e. The lowest BCUT2D eigenvalue weighted by Crippen LogP contribution is -2.47. The number of piperidine rings is 1. The standard InChI is InChI=1S/C20H20ClN3O4S/c21-17-10-15-16(11-18(17)29(22,27)28)20(26)24(19(15)25)14-6-8-23(9-7-14)12-13-4-2-1-3-5-13/h1-5,10-11,14H,6-9,12H2,(H2,22,27,28). The molecule has 0 spiro atoms. The number of carbonyl (C=O) groups is 2. The van der Waals surface area contributed by atoms with Crippen molar-refractivity contribution >= 4 is 33.4 Å². The summed E-state index contributed by atoms with van der Waals surface area (Å²) >= 11 is 5.99. The molecule has 152 valence electrons. The molecule has 9 heteroatoms. The number of fused-ring (bicyclic) bond motifs is 1. The Morgan fingerprint density at radius 1 is 1.00 bits per heavy atom. The van der Waals surface area contributed by atoms with Gasteiger partial charge < -0.3 is 0 Å². The highest BCUT2D eigenvalue weighted by atomic mass is 35.5. The highest BCUT2D eigenvalue weighted by Crippen LogP contribution is 2.33. The number of hydrogen-bond donors (Lipinski definition) is 1. The maximum absolute atomic E-state index is 12.9. The van der Waals surface area contributed by atoms with Crippen LogP contribution in [0.5, 0.6) is 0 Å². The average Bonchev–Trinajstić information content (AvgIpc) is 2.92. The molecule has 0 aromatic heterocycles. The van der Waals surface area contributed by atoms with E-state index in [0.717, 1.165) is 25.7 Å². The van der Waals surface area contributed by atoms with Gasteiger partial charge in [-0.2, -0.15) is 0 Å². The number of rotatable bonds is 4. The van der Waals surface area contributed by atoms with Gasteiger partial charge in [-0.05, 0) is 30.5 Å². The number of likely N-dealkylation sites (tertiary alicyclic amines) is 1. The molecule has 2 aliphatic heterocycles. The first-order valence-electron chi connectivity index (χ1n) is 9.26. The van der Waals surface area contributed by atoms with Crippen LogP contribution in [0.4, 0.5) is 0 Å². The molecule has 0 radical (unpaired) electrons. The molecule has 2 aromatic carbocycles. The Bertz CT molecular complexity index is 1080. The second-order valence-corrected chi connectivity index (χ2v) is 9.28. The molecule has 29 heavy (non-hydrogen) atoms. The Hall–Kier alpha value is -2.26. The molecule has 1 fully saturated rings. The van der Waals surface area contributed by atoms with Gasteiger partial charge in [0.15, 0.2) is 0 Å². The van der Waals surface area contributed by atoms with Crippen LogP contribution in [0.1, 0.15) is 39.1 Å². The summed E-state index contributed by atoms with van der Waals surface area (Å²) in [5.41, 5.74) is 1.38. The van der Waals surface area contributed by atoms with Gasteiger partial charge in [-0.15, -0.1) is 0 Å². The SMILES string of the molecule is NS(=O)(=O)c1cc2c(cc1Cl)C(=O)N(C1CCN(Cc3ccccc3)CC1)C2=O. The number of nitrogens with two attached hydrogens (primary N) is 1. The normalized spacial score (nSPS) is 18.3. The summed E-state index contributed by atoms with van der Waals surface area (Å²) in [5.74, 6) is -0.928. The fraction of sp³-hybridized carbons (Fsp3) is 0.300. The van der Waals surface area contributed by atoms with Gasteiger partial charge in [0.25, 0.3) is 11.8 Å². The molecule has 4 rings (SSSR count). The van der Waals surface area contributed by atoms with E-state index >= 15 is 0 Å². The number of amides is 2. The number of halogens is 1. The van der Waals surface area contributed by atoms with Gasteiger partial charge in [-0.25, -0.2) is 13.6 Å². The van der Waals surface area contributed by atoms with Crippen molar-refractivity contribution in [3.63, 3.8) is 0 Å². The van der Waals surface area contributed by atoms with Crippen LogP contribution in [0.3, 0.4) is 0 Å². The highest BCUT2D eigenvalue weighted by Gasteiger charge is 2.42. The Morgan fingerprint density at radius 2 is 1.59 bits per heavy atom. The summed E-state index contributed by atoms with van der Waals surface area (Å²) in [4.78, 5) is 28.9. The second kappa shape index (κ2) is 7.53. The Morgan fingerprint density at radius 3 is 2.17 bits per heavy atom. The second-order valence-electron chi connectivity index (χ2n) is 7.35. The fourth-order valence-corrected chi connectivity index (χ4v) is 5.09. The summed E-state index contributed by atoms with van der Waals surface area (Å²) in [6.07, 6.45) is 1.32. The number of nitrogens with zero attached hydrogens (tertiary/aromatic N) is 2. The topological polar surface area (TPSA) is 101 Å². The molecule has 0 bridgehead atoms. The van der Waals surface area contributed by atoms with Crippen molar-refractivity contribution in [3.8, 4) is 0 Å². The summed E-state index contributed by atoms with van der Waals surface area (Å²) in [6, 6.07) is 12.2. The first kappa shape index (κ1) is 20.0. The molecule has 1 saturated heterocycles. The third kappa shape index (κ3) is 3.81. The van der Waals surface area contributed by atoms with Crippen molar-refractivity contribution in [2.45, 2.75) is 30.3 Å². The van der Waals surface area contributed by atoms with Crippen molar-refractivity contribution in [2.24, 2.45) is 5.14 Å². The summed E-state index contributed by atoms with van der Waals surface area (Å²) in [5, 5.41) is 5.00. The molecular weight excluding hydrogens is 414 g/mol. The van der Waals surface area contributed by atoms with Crippen molar-refractivity contribution in [1.29, 1.82) is 0 Å². The van der Waals surface area contributed by atoms with Crippen LogP contribution in [0.2, 0.25) is 5.02 Å². The van der Waals surface area contributed by atoms with Gasteiger partial charge >= 0.3 is 0 Å². The molecular formula is C20H20ClN3O4S. The number of primary sulfonamides is 1. The van der Waals surface area contributed by atoms with Crippen LogP contribution in [0, 0.1) is 0 Å². The molecule has 2 aliphatic rings. The summed E-state index contributed by atoms with van der Waals surface area (Å²) in [6.45, 7) is 2.34. The van der Waals surface area contributed by atoms with Crippen molar-refractivity contribution in [1.82, 2.24) is 9.80 Å². The maximum atomic E-state index is 12.9. The molecule has 7 nitrogen and oxygen atoms in total. The summed E-state index contributed by atoms with van der Waals surface area (Å²) in [7, 11) is -4.10. The number of benzene rings is 2. The van der Waals surface area contributed by atoms with Gasteiger partial charge in [-0.1, -0.05) is 41.9 Å². The van der Waals surface area contributed by atoms with Crippen LogP contribution in [-0.2, 0) is 16.6 Å². The predicted octanol–water partition coefficient (Wildman–Crippen LogP) is 2.25. The van der Waals surface area contributed by atoms with Crippen molar-refractivity contribution < 1.29 is 18.0 Å². The average molecular weight is 434 g/mol. The minimum absolute atomic E-state index is 0.0372. The quantitative estimate of drug-likeness (QED) is 0.745. The van der Waals surface area contributed by atoms with E-state index in [1.807, 2.05) is 18.2 Å². The molecule has 0 atom stereocenters. The maximum Gasteiger partial charge on any atom is 0.261 e. The largest absolute Gasteiger partial charge is 0.299 e. The molecule has 2 amide bonds. The molecule has 2 heterocycles. The monoisotopic (exact) mass is 433 g/mol. The molecule has 2 N–H and O–H groups in total. The van der Waals surface area contributed by atoms with Crippen LogP contribution in [0.25, 0.3) is 0 Å². The van der Waals surface area contributed by atoms with Crippen LogP contribution in [-0.4, -0.2) is 49.2 Å². The fourth-order valence-electron chi connectivity index (χ4n) is 3.99. The van der Waals surface area contributed by atoms with E-state index in [0.29, 0.717) is 12.8 Å². The predicted molar refractivity (Wildman–Crippen MR) is 108 cm³/mol. The lowest BCUT2D eigenvalue weighted by molar-refractivity contribution is 0.0498. The van der Waals surface area contributed by atoms with Crippen LogP contribution in [0.15, 0.2) is 47.4 Å². The number of hydrogen-bond acceptors (Lipinski definition) is 5. The zero-order chi connectivity index (χ0) is 20.8. The minimum atomic E-state index is -4.10. The number of imide groups is 1. The Balaban J connectivity index is 1.50. The Kier molecular flexibility index (Phi) is 5.20. The molecule has 0 unspecified atom stereocenters. The van der Waals surface area contributed by atoms with Gasteiger partial charge in [-0.3, -0.25) is 19.4 Å². The summed E-state index contributed by atoms with van der Waals surface area (Å²) < 4.78 is 23.4. The van der Waals surface area contributed by atoms with Gasteiger partial charge in [0.05, 0.1) is 16.1 Å². The van der Waals surface area contributed by atoms with Crippen molar-refractivity contribution in [3.05, 3.63) is 64.2 Å². The van der Waals surface area contributed by atoms with Crippen molar-refractivity contribution in [2.75, 3.05) is 13.1 Å². The van der Waals surface area contributed by atoms with E-state index in [9.17, 15) is 18.0 Å². The van der Waals surface area contributed by atoms with Crippen LogP contribution < -0.4 is 5.14 Å². The Labute approximate surface area is 174 Å². The van der Waals surface area contributed by atoms with Crippen LogP contribution >= 0.6 is 11.6 Å². The van der Waals surface area contributed by atoms with E-state index in [1.165, 1.54) is 16.5 Å². The molecule has 0 saturated carbocycles. The number of sulfonamides is 1. The van der Waals surface area contributed by atoms with E-state index in [-0.39, 0.29) is 27.1 Å². The third-order valence-electron chi connectivity index (χ3n) is 5.45. The first-order chi connectivity index (χ1) is 13.8. The lowest BCUT2D eigenvalue weighted by Gasteiger charge is -2.35. The zero-order valence-corrected chi connectivity index (χ0v) is 17.1. The number of carbonyl (C=O) groups excluding carboxylic acids is 2. The van der Waals surface area contributed by atoms with E-state index < -0.39 is 21.8 Å². The lowest BCUT2D eigenvalue weighted by atomic mass is 10.0.